The highest BCUT2D eigenvalue weighted by atomic mass is 14.3. The summed E-state index contributed by atoms with van der Waals surface area (Å²) in [5.74, 6) is 0. The minimum Gasteiger partial charge on any atom is -0.0622 e. The summed E-state index contributed by atoms with van der Waals surface area (Å²) in [6.07, 6.45) is 0. The molecule has 0 heterocycles. The van der Waals surface area contributed by atoms with E-state index < -0.39 is 0 Å². The fourth-order valence-corrected chi connectivity index (χ4v) is 23.8. The van der Waals surface area contributed by atoms with Crippen molar-refractivity contribution < 1.29 is 0 Å². The SMILES string of the molecule is c1ccc(-c2c3ccccc3c(-c3ccc4ccccc4c3)c3ccccc23)cc1.c1ccc(-c2ccc(-c3c4ccccc4c(-c4ccc5ccccc5c4)c4ccccc34)c3ccccc23)cc1.c1ccc2cc(-c3c4ccccc4c(-c4ccc(-c5cccc6ccccc56)cc4)c4ccccc34)ccc2c1.c1ccc2cc(-c3ccc(-c4c5ccccc5c(-c5ccc6ccccc6c5)c5ccccc45)cc3)ccc2c1. The first-order valence-corrected chi connectivity index (χ1v) is 52.0. The molecule has 30 aromatic rings. The molecule has 30 aromatic carbocycles. The fraction of sp³-hybridized carbons (Fsp3) is 0. The van der Waals surface area contributed by atoms with Crippen LogP contribution in [-0.4, -0.2) is 0 Å². The van der Waals surface area contributed by atoms with Gasteiger partial charge in [-0.05, 0) is 314 Å². The smallest absolute Gasteiger partial charge is 0.00201 e. The van der Waals surface area contributed by atoms with Crippen molar-refractivity contribution >= 4 is 162 Å². The molecule has 0 saturated carbocycles. The normalized spacial score (nSPS) is 11.5. The molecule has 0 aromatic heterocycles. The average molecular weight is 1900 g/mol. The van der Waals surface area contributed by atoms with Crippen molar-refractivity contribution in [3.05, 3.63) is 595 Å². The minimum absolute atomic E-state index is 1.23. The number of fused-ring (bicyclic) bond motifs is 15. The Kier molecular flexibility index (Phi) is 23.2. The van der Waals surface area contributed by atoms with Gasteiger partial charge in [-0.25, -0.2) is 0 Å². The van der Waals surface area contributed by atoms with Gasteiger partial charge in [0.25, 0.3) is 0 Å². The van der Waals surface area contributed by atoms with Gasteiger partial charge in [-0.2, -0.15) is 0 Å². The first-order chi connectivity index (χ1) is 74.4. The van der Waals surface area contributed by atoms with Crippen LogP contribution >= 0.6 is 0 Å². The molecule has 0 nitrogen and oxygen atoms in total. The summed E-state index contributed by atoms with van der Waals surface area (Å²) >= 11 is 0. The zero-order chi connectivity index (χ0) is 99.3. The van der Waals surface area contributed by atoms with Crippen LogP contribution < -0.4 is 0 Å². The second-order valence-electron chi connectivity index (χ2n) is 39.3. The van der Waals surface area contributed by atoms with Crippen LogP contribution in [0.2, 0.25) is 0 Å². The molecule has 0 N–H and O–H groups in total. The van der Waals surface area contributed by atoms with Gasteiger partial charge in [0.2, 0.25) is 0 Å². The van der Waals surface area contributed by atoms with Crippen LogP contribution in [0.15, 0.2) is 595 Å². The lowest BCUT2D eigenvalue weighted by atomic mass is 9.83. The van der Waals surface area contributed by atoms with Gasteiger partial charge in [0.15, 0.2) is 0 Å². The molecule has 0 atom stereocenters. The van der Waals surface area contributed by atoms with Gasteiger partial charge < -0.3 is 0 Å². The molecule has 0 aliphatic carbocycles. The van der Waals surface area contributed by atoms with E-state index in [1.165, 1.54) is 284 Å². The molecule has 0 aliphatic heterocycles. The minimum atomic E-state index is 1.23. The Morgan fingerprint density at radius 2 is 0.240 bits per heavy atom. The van der Waals surface area contributed by atoms with Crippen molar-refractivity contribution in [2.45, 2.75) is 0 Å². The van der Waals surface area contributed by atoms with Crippen molar-refractivity contribution in [3.8, 4) is 122 Å². The molecule has 698 valence electrons. The first kappa shape index (κ1) is 89.4. The summed E-state index contributed by atoms with van der Waals surface area (Å²) in [7, 11) is 0. The second kappa shape index (κ2) is 38.9. The fourth-order valence-electron chi connectivity index (χ4n) is 23.8. The number of hydrogen-bond acceptors (Lipinski definition) is 0. The van der Waals surface area contributed by atoms with Gasteiger partial charge >= 0.3 is 0 Å². The molecular weight excluding hydrogens is 1800 g/mol. The summed E-state index contributed by atoms with van der Waals surface area (Å²) < 4.78 is 0. The lowest BCUT2D eigenvalue weighted by Crippen LogP contribution is -1.92. The Morgan fingerprint density at radius 3 is 0.547 bits per heavy atom. The van der Waals surface area contributed by atoms with Crippen molar-refractivity contribution in [1.82, 2.24) is 0 Å². The summed E-state index contributed by atoms with van der Waals surface area (Å²) in [5, 5.41) is 38.3. The third kappa shape index (κ3) is 16.3. The second-order valence-corrected chi connectivity index (χ2v) is 39.3. The summed E-state index contributed by atoms with van der Waals surface area (Å²) in [5.41, 5.74) is 27.9. The van der Waals surface area contributed by atoms with Gasteiger partial charge in [0, 0.05) is 0 Å². The molecule has 0 saturated heterocycles. The van der Waals surface area contributed by atoms with E-state index in [0.717, 1.165) is 0 Å². The molecule has 150 heavy (non-hydrogen) atoms. The quantitative estimate of drug-likeness (QED) is 0.113. The highest BCUT2D eigenvalue weighted by Crippen LogP contribution is 2.52. The Morgan fingerprint density at radius 1 is 0.0667 bits per heavy atom. The lowest BCUT2D eigenvalue weighted by molar-refractivity contribution is 1.63. The highest BCUT2D eigenvalue weighted by molar-refractivity contribution is 6.28. The van der Waals surface area contributed by atoms with Crippen molar-refractivity contribution in [1.29, 1.82) is 0 Å². The monoisotopic (exact) mass is 1900 g/mol. The lowest BCUT2D eigenvalue weighted by Gasteiger charge is -2.20. The molecule has 0 spiro atoms. The molecule has 0 fully saturated rings. The maximum absolute atomic E-state index is 2.34. The van der Waals surface area contributed by atoms with Gasteiger partial charge in [-0.3, -0.25) is 0 Å². The van der Waals surface area contributed by atoms with Gasteiger partial charge in [-0.15, -0.1) is 0 Å². The van der Waals surface area contributed by atoms with E-state index in [9.17, 15) is 0 Å². The summed E-state index contributed by atoms with van der Waals surface area (Å²) in [4.78, 5) is 0. The highest BCUT2D eigenvalue weighted by Gasteiger charge is 2.25. The van der Waals surface area contributed by atoms with Crippen LogP contribution in [0.4, 0.5) is 0 Å². The van der Waals surface area contributed by atoms with Gasteiger partial charge in [-0.1, -0.05) is 564 Å². The van der Waals surface area contributed by atoms with Crippen LogP contribution in [0, 0.1) is 0 Å². The maximum atomic E-state index is 2.34. The number of rotatable bonds is 11. The van der Waals surface area contributed by atoms with Crippen LogP contribution in [0.5, 0.6) is 0 Å². The van der Waals surface area contributed by atoms with Crippen LogP contribution in [-0.2, 0) is 0 Å². The molecule has 0 heteroatoms. The Bertz CT molecular complexity index is 10300. The standard InChI is InChI=1S/3C40H26.C30H20/c1-3-11-31-25-33(23-19-27(31)9-1)29-17-21-30(22-18-29)39-35-13-5-7-15-37(35)40(38-16-8-6-14-36(38)39)34-24-20-28-10-2-4-12-32(28)26-34;1-2-12-31-26-32(25-20-27(31)10-1)40-37-17-7-5-15-35(37)39(36-16-6-8-18-38(36)40)30-23-21-29(22-24-30)34-19-9-13-28-11-3-4-14-33(28)34;1-2-13-28(14-3-1)31-24-25-38(33-17-7-6-16-32(31)33)40-36-20-10-8-18-34(36)39(35-19-9-11-21-37(35)40)30-23-22-27-12-4-5-15-29(27)26-30;1-2-11-22(12-3-1)29-25-14-6-8-16-27(25)30(28-17-9-7-15-26(28)29)24-19-18-21-10-4-5-13-23(21)20-24/h3*1-26H;1-20H. The molecule has 0 amide bonds. The van der Waals surface area contributed by atoms with Crippen LogP contribution in [0.3, 0.4) is 0 Å². The molecule has 0 unspecified atom stereocenters. The summed E-state index contributed by atoms with van der Waals surface area (Å²) in [6, 6.07) is 216. The van der Waals surface area contributed by atoms with E-state index in [4.69, 9.17) is 0 Å². The van der Waals surface area contributed by atoms with Crippen LogP contribution in [0.25, 0.3) is 284 Å². The molecular formula is C150H98. The van der Waals surface area contributed by atoms with E-state index >= 15 is 0 Å². The zero-order valence-corrected chi connectivity index (χ0v) is 82.6. The molecule has 0 aliphatic rings. The van der Waals surface area contributed by atoms with E-state index in [-0.39, 0.29) is 0 Å². The Labute approximate surface area is 871 Å². The topological polar surface area (TPSA) is 0 Å². The largest absolute Gasteiger partial charge is 0.0622 e. The first-order valence-electron chi connectivity index (χ1n) is 52.0. The predicted octanol–water partition coefficient (Wildman–Crippen LogP) is 42.4. The third-order valence-electron chi connectivity index (χ3n) is 30.7. The Hall–Kier alpha value is -19.5. The van der Waals surface area contributed by atoms with Crippen molar-refractivity contribution in [3.63, 3.8) is 0 Å². The zero-order valence-electron chi connectivity index (χ0n) is 82.6. The van der Waals surface area contributed by atoms with Crippen molar-refractivity contribution in [2.24, 2.45) is 0 Å². The molecule has 0 radical (unpaired) electrons. The van der Waals surface area contributed by atoms with Gasteiger partial charge in [0.05, 0.1) is 0 Å². The summed E-state index contributed by atoms with van der Waals surface area (Å²) in [6.45, 7) is 0. The van der Waals surface area contributed by atoms with Crippen LogP contribution in [0.1, 0.15) is 0 Å². The predicted molar refractivity (Wildman–Crippen MR) is 648 cm³/mol. The van der Waals surface area contributed by atoms with E-state index in [0.29, 0.717) is 0 Å². The molecule has 0 bridgehead atoms. The van der Waals surface area contributed by atoms with Gasteiger partial charge in [0.1, 0.15) is 0 Å². The van der Waals surface area contributed by atoms with E-state index in [1.807, 2.05) is 0 Å². The number of hydrogen-bond donors (Lipinski definition) is 0. The maximum Gasteiger partial charge on any atom is -0.00201 e. The Balaban J connectivity index is 0.0000000989. The van der Waals surface area contributed by atoms with E-state index in [2.05, 4.69) is 595 Å². The molecule has 30 rings (SSSR count). The van der Waals surface area contributed by atoms with E-state index in [1.54, 1.807) is 0 Å². The number of benzene rings is 30. The third-order valence-corrected chi connectivity index (χ3v) is 30.7. The average Bonchev–Trinajstić information content (AvgIpc) is 0.830. The van der Waals surface area contributed by atoms with Crippen molar-refractivity contribution in [2.75, 3.05) is 0 Å².